The maximum Gasteiger partial charge on any atom is 0.240 e. The van der Waals surface area contributed by atoms with Crippen LogP contribution in [-0.2, 0) is 11.3 Å². The number of nitrogens with two attached hydrogens (primary N) is 1. The van der Waals surface area contributed by atoms with Gasteiger partial charge in [-0.15, -0.1) is 11.3 Å². The molecule has 3 nitrogen and oxygen atoms in total. The molecule has 0 radical (unpaired) electrons. The van der Waals surface area contributed by atoms with Crippen LogP contribution in [-0.4, -0.2) is 23.4 Å². The molecule has 1 amide bonds. The molecule has 1 rings (SSSR count). The van der Waals surface area contributed by atoms with Crippen molar-refractivity contribution in [2.24, 2.45) is 11.7 Å². The van der Waals surface area contributed by atoms with E-state index < -0.39 is 6.04 Å². The third-order valence-electron chi connectivity index (χ3n) is 2.67. The van der Waals surface area contributed by atoms with E-state index in [1.54, 1.807) is 11.3 Å². The van der Waals surface area contributed by atoms with E-state index in [1.165, 1.54) is 4.88 Å². The Kier molecular flexibility index (Phi) is 5.62. The van der Waals surface area contributed by atoms with Gasteiger partial charge in [-0.3, -0.25) is 4.79 Å². The molecular formula is C12H19BrN2OS. The van der Waals surface area contributed by atoms with Crippen molar-refractivity contribution in [2.75, 3.05) is 6.54 Å². The zero-order valence-corrected chi connectivity index (χ0v) is 12.8. The van der Waals surface area contributed by atoms with E-state index >= 15 is 0 Å². The number of amides is 1. The molecule has 0 unspecified atom stereocenters. The highest BCUT2D eigenvalue weighted by molar-refractivity contribution is 9.11. The molecule has 96 valence electrons. The number of carbonyl (C=O) groups excluding carboxylic acids is 1. The Hall–Kier alpha value is -0.390. The highest BCUT2D eigenvalue weighted by Crippen LogP contribution is 2.23. The second-order valence-corrected chi connectivity index (χ2v) is 6.88. The lowest BCUT2D eigenvalue weighted by atomic mass is 10.0. The molecule has 1 heterocycles. The lowest BCUT2D eigenvalue weighted by molar-refractivity contribution is -0.133. The first-order valence-corrected chi connectivity index (χ1v) is 7.35. The van der Waals surface area contributed by atoms with E-state index in [4.69, 9.17) is 5.73 Å². The summed E-state index contributed by atoms with van der Waals surface area (Å²) in [4.78, 5) is 15.1. The molecule has 0 aliphatic heterocycles. The maximum atomic E-state index is 12.1. The number of carbonyl (C=O) groups is 1. The van der Waals surface area contributed by atoms with E-state index in [0.717, 1.165) is 3.79 Å². The van der Waals surface area contributed by atoms with E-state index in [0.29, 0.717) is 13.1 Å². The van der Waals surface area contributed by atoms with Gasteiger partial charge in [0.15, 0.2) is 0 Å². The fraction of sp³-hybridized carbons (Fsp3) is 0.583. The Morgan fingerprint density at radius 2 is 2.18 bits per heavy atom. The van der Waals surface area contributed by atoms with Crippen LogP contribution in [0.25, 0.3) is 0 Å². The Labute approximate surface area is 115 Å². The monoisotopic (exact) mass is 318 g/mol. The number of likely N-dealkylation sites (N-methyl/N-ethyl adjacent to an activating group) is 1. The molecule has 0 saturated carbocycles. The van der Waals surface area contributed by atoms with Crippen molar-refractivity contribution in [1.82, 2.24) is 4.90 Å². The van der Waals surface area contributed by atoms with E-state index in [1.807, 2.05) is 37.8 Å². The van der Waals surface area contributed by atoms with Gasteiger partial charge in [0.05, 0.1) is 16.4 Å². The summed E-state index contributed by atoms with van der Waals surface area (Å²) in [7, 11) is 0. The topological polar surface area (TPSA) is 46.3 Å². The predicted molar refractivity (Wildman–Crippen MR) is 75.9 cm³/mol. The molecule has 5 heteroatoms. The highest BCUT2D eigenvalue weighted by atomic mass is 79.9. The summed E-state index contributed by atoms with van der Waals surface area (Å²) in [6.07, 6.45) is 0. The van der Waals surface area contributed by atoms with Gasteiger partial charge in [-0.25, -0.2) is 0 Å². The van der Waals surface area contributed by atoms with Crippen LogP contribution in [0.15, 0.2) is 15.9 Å². The van der Waals surface area contributed by atoms with Crippen LogP contribution in [0.2, 0.25) is 0 Å². The largest absolute Gasteiger partial charge is 0.336 e. The van der Waals surface area contributed by atoms with E-state index in [2.05, 4.69) is 15.9 Å². The van der Waals surface area contributed by atoms with E-state index in [9.17, 15) is 4.79 Å². The van der Waals surface area contributed by atoms with Gasteiger partial charge < -0.3 is 10.6 Å². The normalized spacial score (nSPS) is 12.8. The average Bonchev–Trinajstić information content (AvgIpc) is 2.69. The predicted octanol–water partition coefficient (Wildman–Crippen LogP) is 2.84. The van der Waals surface area contributed by atoms with Crippen LogP contribution in [0.5, 0.6) is 0 Å². The average molecular weight is 319 g/mol. The number of hydrogen-bond donors (Lipinski definition) is 1. The van der Waals surface area contributed by atoms with Crippen LogP contribution < -0.4 is 5.73 Å². The summed E-state index contributed by atoms with van der Waals surface area (Å²) in [5, 5.41) is 0. The van der Waals surface area contributed by atoms with Crippen LogP contribution in [0.3, 0.4) is 0 Å². The molecule has 1 atom stereocenters. The first kappa shape index (κ1) is 14.7. The molecule has 2 N–H and O–H groups in total. The van der Waals surface area contributed by atoms with Crippen LogP contribution in [0.4, 0.5) is 0 Å². The second-order valence-electron chi connectivity index (χ2n) is 4.33. The third-order valence-corrected chi connectivity index (χ3v) is 4.28. The van der Waals surface area contributed by atoms with Crippen molar-refractivity contribution in [3.05, 3.63) is 20.8 Å². The summed E-state index contributed by atoms with van der Waals surface area (Å²) < 4.78 is 1.09. The number of thiophene rings is 1. The van der Waals surface area contributed by atoms with Crippen LogP contribution >= 0.6 is 27.3 Å². The summed E-state index contributed by atoms with van der Waals surface area (Å²) in [6.45, 7) is 7.25. The van der Waals surface area contributed by atoms with Crippen LogP contribution in [0.1, 0.15) is 25.6 Å². The van der Waals surface area contributed by atoms with Crippen LogP contribution in [0, 0.1) is 5.92 Å². The van der Waals surface area contributed by atoms with Gasteiger partial charge in [-0.05, 0) is 40.9 Å². The standard InChI is InChI=1S/C12H19BrN2OS/c1-4-15(12(16)11(14)8(2)3)7-9-5-6-10(13)17-9/h5-6,8,11H,4,7,14H2,1-3H3/t11-/m1/s1. The molecule has 1 aromatic rings. The zero-order valence-electron chi connectivity index (χ0n) is 10.4. The van der Waals surface area contributed by atoms with Gasteiger partial charge >= 0.3 is 0 Å². The minimum Gasteiger partial charge on any atom is -0.336 e. The summed E-state index contributed by atoms with van der Waals surface area (Å²) in [5.74, 6) is 0.207. The molecule has 0 aliphatic carbocycles. The van der Waals surface area contributed by atoms with Gasteiger partial charge in [-0.2, -0.15) is 0 Å². The number of hydrogen-bond acceptors (Lipinski definition) is 3. The van der Waals surface area contributed by atoms with Crippen molar-refractivity contribution < 1.29 is 4.79 Å². The molecular weight excluding hydrogens is 300 g/mol. The fourth-order valence-electron chi connectivity index (χ4n) is 1.47. The fourth-order valence-corrected chi connectivity index (χ4v) is 2.97. The van der Waals surface area contributed by atoms with Crippen molar-refractivity contribution in [1.29, 1.82) is 0 Å². The molecule has 0 saturated heterocycles. The second kappa shape index (κ2) is 6.52. The summed E-state index contributed by atoms with van der Waals surface area (Å²) in [6, 6.07) is 3.63. The number of rotatable bonds is 5. The molecule has 17 heavy (non-hydrogen) atoms. The number of nitrogens with zero attached hydrogens (tertiary/aromatic N) is 1. The van der Waals surface area contributed by atoms with Crippen molar-refractivity contribution >= 4 is 33.2 Å². The van der Waals surface area contributed by atoms with Gasteiger partial charge in [-0.1, -0.05) is 13.8 Å². The lowest BCUT2D eigenvalue weighted by Gasteiger charge is -2.25. The van der Waals surface area contributed by atoms with Gasteiger partial charge in [0.25, 0.3) is 0 Å². The Morgan fingerprint density at radius 1 is 1.53 bits per heavy atom. The minimum atomic E-state index is -0.404. The summed E-state index contributed by atoms with van der Waals surface area (Å²) in [5.41, 5.74) is 5.90. The van der Waals surface area contributed by atoms with Crippen molar-refractivity contribution in [2.45, 2.75) is 33.4 Å². The molecule has 0 bridgehead atoms. The van der Waals surface area contributed by atoms with Gasteiger partial charge in [0.1, 0.15) is 0 Å². The number of halogens is 1. The smallest absolute Gasteiger partial charge is 0.240 e. The Bertz CT molecular complexity index is 378. The molecule has 0 fully saturated rings. The van der Waals surface area contributed by atoms with E-state index in [-0.39, 0.29) is 11.8 Å². The molecule has 0 spiro atoms. The third kappa shape index (κ3) is 4.08. The zero-order chi connectivity index (χ0) is 13.0. The quantitative estimate of drug-likeness (QED) is 0.907. The van der Waals surface area contributed by atoms with Crippen molar-refractivity contribution in [3.8, 4) is 0 Å². The Morgan fingerprint density at radius 3 is 2.59 bits per heavy atom. The first-order chi connectivity index (χ1) is 7.95. The summed E-state index contributed by atoms with van der Waals surface area (Å²) >= 11 is 5.07. The highest BCUT2D eigenvalue weighted by Gasteiger charge is 2.22. The SMILES string of the molecule is CCN(Cc1ccc(Br)s1)C(=O)[C@H](N)C(C)C. The molecule has 0 aliphatic rings. The molecule has 1 aromatic heterocycles. The lowest BCUT2D eigenvalue weighted by Crippen LogP contribution is -2.46. The molecule has 0 aromatic carbocycles. The maximum absolute atomic E-state index is 12.1. The van der Waals surface area contributed by atoms with Gasteiger partial charge in [0, 0.05) is 11.4 Å². The Balaban J connectivity index is 2.68. The minimum absolute atomic E-state index is 0.0343. The van der Waals surface area contributed by atoms with Gasteiger partial charge in [0.2, 0.25) is 5.91 Å². The first-order valence-electron chi connectivity index (χ1n) is 5.74. The van der Waals surface area contributed by atoms with Crippen molar-refractivity contribution in [3.63, 3.8) is 0 Å².